The lowest BCUT2D eigenvalue weighted by Gasteiger charge is -2.42. The Balaban J connectivity index is 0.000000117. The lowest BCUT2D eigenvalue weighted by atomic mass is 9.69. The highest BCUT2D eigenvalue weighted by Gasteiger charge is 2.39. The van der Waals surface area contributed by atoms with Gasteiger partial charge in [-0.05, 0) is 165 Å². The van der Waals surface area contributed by atoms with Gasteiger partial charge in [-0.1, -0.05) is 0 Å². The molecule has 0 aromatic carbocycles. The van der Waals surface area contributed by atoms with Crippen molar-refractivity contribution in [1.82, 2.24) is 34.7 Å². The molecule has 0 spiro atoms. The molecule has 11 aliphatic rings. The van der Waals surface area contributed by atoms with Crippen LogP contribution in [0.2, 0.25) is 0 Å². The van der Waals surface area contributed by atoms with Crippen molar-refractivity contribution in [2.24, 2.45) is 35.5 Å². The van der Waals surface area contributed by atoms with E-state index in [0.29, 0.717) is 52.9 Å². The Kier molecular flexibility index (Phi) is 19.7. The molecule has 0 radical (unpaired) electrons. The van der Waals surface area contributed by atoms with Gasteiger partial charge in [-0.3, -0.25) is 24.9 Å². The van der Waals surface area contributed by atoms with Crippen molar-refractivity contribution in [3.05, 3.63) is 92.3 Å². The highest BCUT2D eigenvalue weighted by molar-refractivity contribution is 5.52. The van der Waals surface area contributed by atoms with Crippen LogP contribution in [0, 0.1) is 35.5 Å². The minimum Gasteiger partial charge on any atom is -0.488 e. The monoisotopic (exact) mass is 1050 g/mol. The fourth-order valence-electron chi connectivity index (χ4n) is 12.8. The summed E-state index contributed by atoms with van der Waals surface area (Å²) in [7, 11) is 4.23. The number of likely N-dealkylation sites (tertiary alicyclic amines) is 2. The summed E-state index contributed by atoms with van der Waals surface area (Å²) >= 11 is 0. The zero-order valence-corrected chi connectivity index (χ0v) is 45.6. The summed E-state index contributed by atoms with van der Waals surface area (Å²) in [5.74, 6) is 8.86. The third-order valence-corrected chi connectivity index (χ3v) is 17.4. The average Bonchev–Trinajstić information content (AvgIpc) is 3.88. The number of likely N-dealkylation sites (N-methyl/N-ethyl adjacent to an activating group) is 1. The van der Waals surface area contributed by atoms with Gasteiger partial charge in [0.1, 0.15) is 59.3 Å². The zero-order valence-electron chi connectivity index (χ0n) is 45.6. The smallest absolute Gasteiger partial charge is 0.145 e. The van der Waals surface area contributed by atoms with Gasteiger partial charge in [-0.2, -0.15) is 0 Å². The number of hydrogen-bond donors (Lipinski definition) is 5. The van der Waals surface area contributed by atoms with E-state index >= 15 is 0 Å². The molecule has 5 aromatic rings. The summed E-state index contributed by atoms with van der Waals surface area (Å²) in [6.07, 6.45) is 41.8. The molecule has 0 amide bonds. The standard InChI is InChI=1S/3C13H18N2O.C11H17N3O.C10H15N3O/c3*14-11-8-15-6-5-12(11)16-13-7-9-1-3-10(13)4-2-9;1-14-6-3-9(4-7-14)15-11-2-5-13-8-10(11)12;1-13-5-3-8(7-13)14-10-2-4-12-6-9(10)11/h3*5-6,8-10,13H,1-4,7,14H2;2,5,8-9H,3-4,6-7,12H2,1H3;2,4,6,8H,3,5,7,11H2,1H3/t2*9?,10?,13-;;;8-/m10..1/s1. The minimum atomic E-state index is 0.268. The van der Waals surface area contributed by atoms with Crippen molar-refractivity contribution in [1.29, 1.82) is 0 Å². The fourth-order valence-corrected chi connectivity index (χ4v) is 12.8. The van der Waals surface area contributed by atoms with Crippen molar-refractivity contribution in [3.63, 3.8) is 0 Å². The third kappa shape index (κ3) is 15.9. The molecular formula is C60H86N12O5. The molecule has 11 fully saturated rings. The predicted molar refractivity (Wildman–Crippen MR) is 304 cm³/mol. The second-order valence-corrected chi connectivity index (χ2v) is 23.0. The quantitative estimate of drug-likeness (QED) is 0.0873. The van der Waals surface area contributed by atoms with Crippen LogP contribution in [0.5, 0.6) is 28.7 Å². The molecule has 4 atom stereocenters. The van der Waals surface area contributed by atoms with Crippen molar-refractivity contribution in [2.45, 2.75) is 146 Å². The molecule has 416 valence electrons. The number of ether oxygens (including phenoxy) is 5. The first-order chi connectivity index (χ1) is 37.5. The maximum Gasteiger partial charge on any atom is 0.145 e. The van der Waals surface area contributed by atoms with E-state index in [1.165, 1.54) is 96.3 Å². The second-order valence-electron chi connectivity index (χ2n) is 23.0. The predicted octanol–water partition coefficient (Wildman–Crippen LogP) is 9.75. The molecule has 6 bridgehead atoms. The van der Waals surface area contributed by atoms with E-state index in [-0.39, 0.29) is 6.10 Å². The van der Waals surface area contributed by atoms with Crippen LogP contribution < -0.4 is 52.4 Å². The van der Waals surface area contributed by atoms with Crippen molar-refractivity contribution in [3.8, 4) is 28.7 Å². The number of anilines is 5. The van der Waals surface area contributed by atoms with Crippen LogP contribution in [0.3, 0.4) is 0 Å². The number of nitrogens with two attached hydrogens (primary N) is 5. The minimum absolute atomic E-state index is 0.268. The van der Waals surface area contributed by atoms with E-state index < -0.39 is 0 Å². The summed E-state index contributed by atoms with van der Waals surface area (Å²) in [6.45, 7) is 4.25. The Morgan fingerprint density at radius 2 is 0.623 bits per heavy atom. The van der Waals surface area contributed by atoms with Gasteiger partial charge in [-0.25, -0.2) is 0 Å². The van der Waals surface area contributed by atoms with E-state index in [2.05, 4.69) is 48.8 Å². The molecule has 9 aliphatic carbocycles. The first-order valence-electron chi connectivity index (χ1n) is 28.7. The van der Waals surface area contributed by atoms with Gasteiger partial charge in [0.05, 0.1) is 59.4 Å². The number of rotatable bonds is 10. The van der Waals surface area contributed by atoms with Gasteiger partial charge >= 0.3 is 0 Å². The van der Waals surface area contributed by atoms with Gasteiger partial charge < -0.3 is 62.2 Å². The van der Waals surface area contributed by atoms with Gasteiger partial charge in [0, 0.05) is 87.5 Å². The summed E-state index contributed by atoms with van der Waals surface area (Å²) in [5.41, 5.74) is 32.2. The molecule has 16 rings (SSSR count). The van der Waals surface area contributed by atoms with E-state index in [1.54, 1.807) is 62.0 Å². The van der Waals surface area contributed by atoms with E-state index in [0.717, 1.165) is 110 Å². The summed E-state index contributed by atoms with van der Waals surface area (Å²) < 4.78 is 29.8. The van der Waals surface area contributed by atoms with Crippen molar-refractivity contribution < 1.29 is 23.7 Å². The zero-order chi connectivity index (χ0) is 53.5. The van der Waals surface area contributed by atoms with Crippen molar-refractivity contribution in [2.75, 3.05) is 68.9 Å². The van der Waals surface area contributed by atoms with Gasteiger partial charge in [0.25, 0.3) is 0 Å². The molecule has 10 N–H and O–H groups in total. The van der Waals surface area contributed by atoms with E-state index in [9.17, 15) is 0 Å². The Morgan fingerprint density at radius 3 is 0.883 bits per heavy atom. The van der Waals surface area contributed by atoms with Gasteiger partial charge in [0.15, 0.2) is 0 Å². The lowest BCUT2D eigenvalue weighted by molar-refractivity contribution is 0.0204. The fraction of sp³-hybridized carbons (Fsp3) is 0.583. The first-order valence-corrected chi connectivity index (χ1v) is 28.7. The van der Waals surface area contributed by atoms with E-state index in [4.69, 9.17) is 52.4 Å². The highest BCUT2D eigenvalue weighted by Crippen LogP contribution is 2.46. The third-order valence-electron chi connectivity index (χ3n) is 17.4. The summed E-state index contributed by atoms with van der Waals surface area (Å²) in [5, 5.41) is 0. The van der Waals surface area contributed by atoms with Crippen LogP contribution in [0.15, 0.2) is 92.3 Å². The molecule has 2 saturated heterocycles. The lowest BCUT2D eigenvalue weighted by Crippen LogP contribution is -2.39. The number of aromatic nitrogens is 5. The van der Waals surface area contributed by atoms with Crippen LogP contribution in [-0.2, 0) is 0 Å². The first kappa shape index (κ1) is 55.4. The SMILES string of the molecule is CN1CCC(Oc2ccncc2N)CC1.CN1CC[C@@H](Oc2ccncc2N)C1.Nc1cnccc1OC1CC2CCC1CC2.Nc1cnccc1O[C@@H]1CC2CCC1CC2.Nc1cnccc1O[C@H]1CC2CCC1CC2. The van der Waals surface area contributed by atoms with Crippen LogP contribution >= 0.6 is 0 Å². The number of nitrogen functional groups attached to an aromatic ring is 5. The van der Waals surface area contributed by atoms with Crippen LogP contribution in [-0.4, -0.2) is 106 Å². The van der Waals surface area contributed by atoms with Gasteiger partial charge in [-0.15, -0.1) is 0 Å². The topological polar surface area (TPSA) is 247 Å². The molecule has 77 heavy (non-hydrogen) atoms. The number of pyridine rings is 5. The number of fused-ring (bicyclic) bond motifs is 9. The molecule has 2 aliphatic heterocycles. The Morgan fingerprint density at radius 1 is 0.351 bits per heavy atom. The van der Waals surface area contributed by atoms with Crippen LogP contribution in [0.25, 0.3) is 0 Å². The Labute approximate surface area is 456 Å². The number of nitrogens with zero attached hydrogens (tertiary/aromatic N) is 7. The maximum atomic E-state index is 6.06. The molecule has 5 aromatic heterocycles. The summed E-state index contributed by atoms with van der Waals surface area (Å²) in [6, 6.07) is 9.26. The van der Waals surface area contributed by atoms with Crippen LogP contribution in [0.4, 0.5) is 28.4 Å². The highest BCUT2D eigenvalue weighted by atomic mass is 16.5. The normalized spacial score (nSPS) is 28.1. The maximum absolute atomic E-state index is 6.06. The van der Waals surface area contributed by atoms with Gasteiger partial charge in [0.2, 0.25) is 0 Å². The van der Waals surface area contributed by atoms with E-state index in [1.807, 2.05) is 30.3 Å². The molecule has 17 nitrogen and oxygen atoms in total. The molecule has 9 saturated carbocycles. The molecule has 17 heteroatoms. The van der Waals surface area contributed by atoms with Crippen LogP contribution in [0.1, 0.15) is 116 Å². The molecular weight excluding hydrogens is 969 g/mol. The largest absolute Gasteiger partial charge is 0.488 e. The average molecular weight is 1060 g/mol. The Bertz CT molecular complexity index is 2390. The van der Waals surface area contributed by atoms with Crippen molar-refractivity contribution >= 4 is 28.4 Å². The second kappa shape index (κ2) is 27.3. The summed E-state index contributed by atoms with van der Waals surface area (Å²) in [4.78, 5) is 24.4. The number of piperidine rings is 1. The molecule has 7 heterocycles. The number of hydrogen-bond acceptors (Lipinski definition) is 17. The Hall–Kier alpha value is -6.33. The molecule has 1 unspecified atom stereocenters.